The number of ether oxygens (including phenoxy) is 2. The second kappa shape index (κ2) is 17.7. The Morgan fingerprint density at radius 2 is 1.53 bits per heavy atom. The number of morpholine rings is 1. The maximum Gasteiger partial charge on any atom is 0.253 e. The van der Waals surface area contributed by atoms with Crippen molar-refractivity contribution in [2.24, 2.45) is 0 Å². The molecule has 2 aromatic rings. The summed E-state index contributed by atoms with van der Waals surface area (Å²) in [5.74, 6) is 0.774. The Kier molecular flexibility index (Phi) is 13.4. The monoisotopic (exact) mass is 593 g/mol. The van der Waals surface area contributed by atoms with Crippen LogP contribution >= 0.6 is 0 Å². The van der Waals surface area contributed by atoms with Crippen molar-refractivity contribution < 1.29 is 19.1 Å². The smallest absolute Gasteiger partial charge is 0.253 e. The molecule has 236 valence electrons. The molecule has 43 heavy (non-hydrogen) atoms. The standard InChI is InChI=1S/C34H51N5O4/c1-3-4-5-6-7-8-14-33(40)36-28-15-16-30(29(27-28)34(41)35-17-11-18-37-23-25-43-26-24-37)38-19-21-39(22-20-38)31-12-9-10-13-32(31)42-2/h9-10,12-13,15-16,27H,3-8,11,14,17-26H2,1-2H3,(H,35,41)(H,36,40). The highest BCUT2D eigenvalue weighted by molar-refractivity contribution is 6.02. The normalized spacial score (nSPS) is 15.8. The maximum absolute atomic E-state index is 13.6. The van der Waals surface area contributed by atoms with Gasteiger partial charge in [-0.1, -0.05) is 51.2 Å². The van der Waals surface area contributed by atoms with Crippen molar-refractivity contribution >= 4 is 28.9 Å². The minimum Gasteiger partial charge on any atom is -0.495 e. The summed E-state index contributed by atoms with van der Waals surface area (Å²) in [6.07, 6.45) is 8.23. The number of hydrogen-bond acceptors (Lipinski definition) is 7. The molecule has 0 unspecified atom stereocenters. The van der Waals surface area contributed by atoms with Crippen molar-refractivity contribution in [3.05, 3.63) is 48.0 Å². The Balaban J connectivity index is 1.38. The molecule has 0 aromatic heterocycles. The van der Waals surface area contributed by atoms with Crippen molar-refractivity contribution in [2.45, 2.75) is 58.3 Å². The molecule has 9 nitrogen and oxygen atoms in total. The van der Waals surface area contributed by atoms with E-state index in [9.17, 15) is 9.59 Å². The zero-order valence-electron chi connectivity index (χ0n) is 26.2. The second-order valence-electron chi connectivity index (χ2n) is 11.5. The Hall–Kier alpha value is -3.30. The van der Waals surface area contributed by atoms with E-state index in [1.165, 1.54) is 25.7 Å². The molecule has 0 atom stereocenters. The van der Waals surface area contributed by atoms with Gasteiger partial charge >= 0.3 is 0 Å². The van der Waals surface area contributed by atoms with Crippen LogP contribution in [0.2, 0.25) is 0 Å². The number of benzene rings is 2. The molecule has 2 heterocycles. The van der Waals surface area contributed by atoms with E-state index >= 15 is 0 Å². The number of anilines is 3. The van der Waals surface area contributed by atoms with E-state index in [-0.39, 0.29) is 11.8 Å². The lowest BCUT2D eigenvalue weighted by Crippen LogP contribution is -2.47. The molecular weight excluding hydrogens is 542 g/mol. The average Bonchev–Trinajstić information content (AvgIpc) is 3.05. The molecule has 2 N–H and O–H groups in total. The fraction of sp³-hybridized carbons (Fsp3) is 0.588. The van der Waals surface area contributed by atoms with Crippen molar-refractivity contribution in [2.75, 3.05) is 87.8 Å². The van der Waals surface area contributed by atoms with Crippen LogP contribution in [-0.2, 0) is 9.53 Å². The van der Waals surface area contributed by atoms with Crippen LogP contribution in [0.1, 0.15) is 68.6 Å². The van der Waals surface area contributed by atoms with E-state index in [4.69, 9.17) is 9.47 Å². The van der Waals surface area contributed by atoms with Crippen LogP contribution in [0.3, 0.4) is 0 Å². The number of piperazine rings is 1. The topological polar surface area (TPSA) is 86.4 Å². The van der Waals surface area contributed by atoms with Gasteiger partial charge in [-0.25, -0.2) is 0 Å². The van der Waals surface area contributed by atoms with Gasteiger partial charge in [-0.2, -0.15) is 0 Å². The summed E-state index contributed by atoms with van der Waals surface area (Å²) in [5.41, 5.74) is 3.27. The van der Waals surface area contributed by atoms with Crippen LogP contribution in [0.25, 0.3) is 0 Å². The minimum absolute atomic E-state index is 0.00512. The number of nitrogens with zero attached hydrogens (tertiary/aromatic N) is 3. The second-order valence-corrected chi connectivity index (χ2v) is 11.5. The first kappa shape index (κ1) is 32.6. The number of amides is 2. The van der Waals surface area contributed by atoms with Gasteiger partial charge in [0.15, 0.2) is 0 Å². The molecule has 4 rings (SSSR count). The first-order chi connectivity index (χ1) is 21.1. The lowest BCUT2D eigenvalue weighted by atomic mass is 10.1. The Bertz CT molecular complexity index is 1150. The van der Waals surface area contributed by atoms with E-state index < -0.39 is 0 Å². The summed E-state index contributed by atoms with van der Waals surface area (Å²) >= 11 is 0. The number of carbonyl (C=O) groups excluding carboxylic acids is 2. The largest absolute Gasteiger partial charge is 0.495 e. The van der Waals surface area contributed by atoms with E-state index in [1.54, 1.807) is 7.11 Å². The molecule has 0 bridgehead atoms. The summed E-state index contributed by atoms with van der Waals surface area (Å²) in [5, 5.41) is 6.19. The molecule has 9 heteroatoms. The lowest BCUT2D eigenvalue weighted by Gasteiger charge is -2.38. The third-order valence-electron chi connectivity index (χ3n) is 8.37. The predicted octanol–water partition coefficient (Wildman–Crippen LogP) is 5.16. The molecule has 0 aliphatic carbocycles. The van der Waals surface area contributed by atoms with Crippen LogP contribution in [0.15, 0.2) is 42.5 Å². The molecule has 2 amide bonds. The SMILES string of the molecule is CCCCCCCCC(=O)Nc1ccc(N2CCN(c3ccccc3OC)CC2)c(C(=O)NCCCN2CCOCC2)c1. The Morgan fingerprint density at radius 3 is 2.28 bits per heavy atom. The van der Waals surface area contributed by atoms with Crippen LogP contribution in [0, 0.1) is 0 Å². The number of carbonyl (C=O) groups is 2. The van der Waals surface area contributed by atoms with Gasteiger partial charge < -0.3 is 29.9 Å². The molecule has 0 spiro atoms. The lowest BCUT2D eigenvalue weighted by molar-refractivity contribution is -0.116. The van der Waals surface area contributed by atoms with E-state index in [0.717, 1.165) is 95.4 Å². The zero-order chi connectivity index (χ0) is 30.3. The molecule has 2 saturated heterocycles. The number of nitrogens with one attached hydrogen (secondary N) is 2. The predicted molar refractivity (Wildman–Crippen MR) is 175 cm³/mol. The quantitative estimate of drug-likeness (QED) is 0.260. The fourth-order valence-electron chi connectivity index (χ4n) is 5.86. The van der Waals surface area contributed by atoms with Gasteiger partial charge in [-0.3, -0.25) is 14.5 Å². The molecule has 2 aromatic carbocycles. The van der Waals surface area contributed by atoms with Crippen LogP contribution < -0.4 is 25.2 Å². The van der Waals surface area contributed by atoms with Gasteiger partial charge in [0.05, 0.1) is 31.6 Å². The van der Waals surface area contributed by atoms with Crippen LogP contribution in [0.5, 0.6) is 5.75 Å². The first-order valence-corrected chi connectivity index (χ1v) is 16.2. The van der Waals surface area contributed by atoms with E-state index in [2.05, 4.69) is 38.3 Å². The maximum atomic E-state index is 13.6. The number of hydrogen-bond donors (Lipinski definition) is 2. The van der Waals surface area contributed by atoms with Crippen molar-refractivity contribution in [3.63, 3.8) is 0 Å². The summed E-state index contributed by atoms with van der Waals surface area (Å²) in [6.45, 7) is 10.4. The minimum atomic E-state index is -0.101. The van der Waals surface area contributed by atoms with Crippen molar-refractivity contribution in [3.8, 4) is 5.75 Å². The Labute approximate surface area is 257 Å². The third kappa shape index (κ3) is 10.1. The molecule has 2 fully saturated rings. The van der Waals surface area contributed by atoms with Crippen molar-refractivity contribution in [1.29, 1.82) is 0 Å². The Morgan fingerprint density at radius 1 is 0.837 bits per heavy atom. The summed E-state index contributed by atoms with van der Waals surface area (Å²) < 4.78 is 11.0. The highest BCUT2D eigenvalue weighted by atomic mass is 16.5. The van der Waals surface area contributed by atoms with Gasteiger partial charge in [0, 0.05) is 63.6 Å². The van der Waals surface area contributed by atoms with E-state index in [1.807, 2.05) is 36.4 Å². The average molecular weight is 594 g/mol. The number of unbranched alkanes of at least 4 members (excludes halogenated alkanes) is 5. The van der Waals surface area contributed by atoms with Crippen molar-refractivity contribution in [1.82, 2.24) is 10.2 Å². The highest BCUT2D eigenvalue weighted by Crippen LogP contribution is 2.31. The molecular formula is C34H51N5O4. The van der Waals surface area contributed by atoms with Crippen LogP contribution in [0.4, 0.5) is 17.1 Å². The number of rotatable bonds is 16. The molecule has 2 aliphatic heterocycles. The fourth-order valence-corrected chi connectivity index (χ4v) is 5.86. The van der Waals surface area contributed by atoms with Gasteiger partial charge in [0.2, 0.25) is 5.91 Å². The molecule has 0 radical (unpaired) electrons. The van der Waals surface area contributed by atoms with Gasteiger partial charge in [-0.15, -0.1) is 0 Å². The zero-order valence-corrected chi connectivity index (χ0v) is 26.2. The summed E-state index contributed by atoms with van der Waals surface area (Å²) in [6, 6.07) is 13.9. The summed E-state index contributed by atoms with van der Waals surface area (Å²) in [7, 11) is 1.70. The van der Waals surface area contributed by atoms with Gasteiger partial charge in [0.1, 0.15) is 5.75 Å². The molecule has 2 aliphatic rings. The number of para-hydroxylation sites is 2. The molecule has 0 saturated carbocycles. The van der Waals surface area contributed by atoms with Gasteiger partial charge in [0.25, 0.3) is 5.91 Å². The first-order valence-electron chi connectivity index (χ1n) is 16.2. The summed E-state index contributed by atoms with van der Waals surface area (Å²) in [4.78, 5) is 33.2. The number of methoxy groups -OCH3 is 1. The highest BCUT2D eigenvalue weighted by Gasteiger charge is 2.24. The third-order valence-corrected chi connectivity index (χ3v) is 8.37. The van der Waals surface area contributed by atoms with Crippen LogP contribution in [-0.4, -0.2) is 89.4 Å². The van der Waals surface area contributed by atoms with E-state index in [0.29, 0.717) is 24.2 Å². The van der Waals surface area contributed by atoms with Gasteiger partial charge in [-0.05, 0) is 49.7 Å².